The quantitative estimate of drug-likeness (QED) is 0.695. The Morgan fingerprint density at radius 1 is 1.30 bits per heavy atom. The van der Waals surface area contributed by atoms with Gasteiger partial charge in [0.2, 0.25) is 0 Å². The molecule has 0 spiro atoms. The van der Waals surface area contributed by atoms with Crippen molar-refractivity contribution in [2.45, 2.75) is 6.54 Å². The van der Waals surface area contributed by atoms with Crippen LogP contribution in [0.2, 0.25) is 5.02 Å². The van der Waals surface area contributed by atoms with E-state index >= 15 is 0 Å². The number of thiazole rings is 1. The molecular weight excluding hydrogens is 296 g/mol. The molecule has 0 radical (unpaired) electrons. The molecule has 5 nitrogen and oxygen atoms in total. The van der Waals surface area contributed by atoms with Crippen LogP contribution < -0.4 is 0 Å². The van der Waals surface area contributed by atoms with Crippen LogP contribution in [0.3, 0.4) is 0 Å². The van der Waals surface area contributed by atoms with Gasteiger partial charge in [-0.2, -0.15) is 0 Å². The Hall–Kier alpha value is -2.05. The van der Waals surface area contributed by atoms with Gasteiger partial charge in [-0.3, -0.25) is 4.79 Å². The summed E-state index contributed by atoms with van der Waals surface area (Å²) in [5.74, 6) is 0. The first-order valence-corrected chi connectivity index (χ1v) is 7.06. The van der Waals surface area contributed by atoms with Crippen molar-refractivity contribution in [3.05, 3.63) is 52.3 Å². The van der Waals surface area contributed by atoms with Gasteiger partial charge in [0.25, 0.3) is 0 Å². The van der Waals surface area contributed by atoms with Gasteiger partial charge in [-0.15, -0.1) is 16.4 Å². The molecule has 3 rings (SSSR count). The molecule has 0 aliphatic rings. The summed E-state index contributed by atoms with van der Waals surface area (Å²) in [5, 5.41) is 11.2. The van der Waals surface area contributed by atoms with Crippen molar-refractivity contribution in [1.29, 1.82) is 0 Å². The van der Waals surface area contributed by atoms with Crippen LogP contribution >= 0.6 is 22.9 Å². The van der Waals surface area contributed by atoms with E-state index in [-0.39, 0.29) is 0 Å². The minimum Gasteiger partial charge on any atom is -0.296 e. The number of aromatic nitrogens is 4. The van der Waals surface area contributed by atoms with Gasteiger partial charge in [-0.1, -0.05) is 28.9 Å². The third kappa shape index (κ3) is 2.76. The van der Waals surface area contributed by atoms with E-state index in [0.717, 1.165) is 16.3 Å². The molecule has 20 heavy (non-hydrogen) atoms. The highest BCUT2D eigenvalue weighted by atomic mass is 35.5. The SMILES string of the molecule is O=Cc1cn(Cc2csc(-c3ccc(Cl)cc3)n2)nn1. The number of hydrogen-bond donors (Lipinski definition) is 0. The Kier molecular flexibility index (Phi) is 3.58. The van der Waals surface area contributed by atoms with E-state index in [9.17, 15) is 4.79 Å². The normalized spacial score (nSPS) is 10.7. The summed E-state index contributed by atoms with van der Waals surface area (Å²) in [6.07, 6.45) is 2.26. The van der Waals surface area contributed by atoms with Gasteiger partial charge >= 0.3 is 0 Å². The molecule has 2 heterocycles. The first-order chi connectivity index (χ1) is 9.74. The molecule has 0 N–H and O–H groups in total. The predicted octanol–water partition coefficient (Wildman–Crippen LogP) is 2.92. The van der Waals surface area contributed by atoms with Gasteiger partial charge in [-0.05, 0) is 12.1 Å². The number of carbonyl (C=O) groups excluding carboxylic acids is 1. The molecule has 0 amide bonds. The van der Waals surface area contributed by atoms with E-state index < -0.39 is 0 Å². The Labute approximate surface area is 123 Å². The Balaban J connectivity index is 1.79. The number of benzene rings is 1. The molecule has 0 saturated heterocycles. The summed E-state index contributed by atoms with van der Waals surface area (Å²) in [6.45, 7) is 0.491. The maximum absolute atomic E-state index is 10.5. The fourth-order valence-corrected chi connectivity index (χ4v) is 2.66. The summed E-state index contributed by atoms with van der Waals surface area (Å²) in [5.41, 5.74) is 2.22. The van der Waals surface area contributed by atoms with Crippen LogP contribution in [0.5, 0.6) is 0 Å². The molecule has 0 unspecified atom stereocenters. The Morgan fingerprint density at radius 3 is 2.80 bits per heavy atom. The zero-order valence-electron chi connectivity index (χ0n) is 10.2. The number of rotatable bonds is 4. The second-order valence-corrected chi connectivity index (χ2v) is 5.40. The van der Waals surface area contributed by atoms with Gasteiger partial charge in [-0.25, -0.2) is 9.67 Å². The van der Waals surface area contributed by atoms with E-state index in [2.05, 4.69) is 15.3 Å². The van der Waals surface area contributed by atoms with E-state index in [4.69, 9.17) is 11.6 Å². The van der Waals surface area contributed by atoms with Gasteiger partial charge in [0.15, 0.2) is 6.29 Å². The fourth-order valence-electron chi connectivity index (χ4n) is 1.72. The topological polar surface area (TPSA) is 60.7 Å². The van der Waals surface area contributed by atoms with Crippen molar-refractivity contribution < 1.29 is 4.79 Å². The first kappa shape index (κ1) is 13.0. The number of aldehydes is 1. The molecule has 7 heteroatoms. The van der Waals surface area contributed by atoms with Gasteiger partial charge in [0, 0.05) is 16.0 Å². The lowest BCUT2D eigenvalue weighted by Gasteiger charge is -1.97. The molecule has 0 fully saturated rings. The third-order valence-electron chi connectivity index (χ3n) is 2.64. The van der Waals surface area contributed by atoms with Crippen LogP contribution in [0.25, 0.3) is 10.6 Å². The van der Waals surface area contributed by atoms with Crippen molar-refractivity contribution in [1.82, 2.24) is 20.0 Å². The second kappa shape index (κ2) is 5.52. The largest absolute Gasteiger partial charge is 0.296 e. The molecule has 100 valence electrons. The number of carbonyl (C=O) groups is 1. The average Bonchev–Trinajstić information content (AvgIpc) is 3.09. The minimum absolute atomic E-state index is 0.318. The van der Waals surface area contributed by atoms with Crippen molar-refractivity contribution in [2.24, 2.45) is 0 Å². The average molecular weight is 305 g/mol. The zero-order chi connectivity index (χ0) is 13.9. The van der Waals surface area contributed by atoms with Crippen molar-refractivity contribution >= 4 is 29.2 Å². The summed E-state index contributed by atoms with van der Waals surface area (Å²) in [7, 11) is 0. The van der Waals surface area contributed by atoms with E-state index in [1.165, 1.54) is 0 Å². The molecule has 0 saturated carbocycles. The van der Waals surface area contributed by atoms with Gasteiger partial charge in [0.05, 0.1) is 18.4 Å². The standard InChI is InChI=1S/C13H9ClN4OS/c14-10-3-1-9(2-4-10)13-15-12(8-20-13)6-18-5-11(7-19)16-17-18/h1-5,7-8H,6H2. The zero-order valence-corrected chi connectivity index (χ0v) is 11.8. The lowest BCUT2D eigenvalue weighted by atomic mass is 10.2. The van der Waals surface area contributed by atoms with Crippen LogP contribution in [0, 0.1) is 0 Å². The lowest BCUT2D eigenvalue weighted by Crippen LogP contribution is -2.00. The van der Waals surface area contributed by atoms with Crippen LogP contribution in [0.4, 0.5) is 0 Å². The maximum Gasteiger partial charge on any atom is 0.171 e. The minimum atomic E-state index is 0.318. The van der Waals surface area contributed by atoms with Crippen LogP contribution in [-0.4, -0.2) is 26.3 Å². The highest BCUT2D eigenvalue weighted by Crippen LogP contribution is 2.25. The van der Waals surface area contributed by atoms with Crippen molar-refractivity contribution in [2.75, 3.05) is 0 Å². The van der Waals surface area contributed by atoms with E-state index in [0.29, 0.717) is 23.5 Å². The predicted molar refractivity (Wildman–Crippen MR) is 77.1 cm³/mol. The highest BCUT2D eigenvalue weighted by molar-refractivity contribution is 7.13. The molecule has 0 aliphatic heterocycles. The van der Waals surface area contributed by atoms with Crippen LogP contribution in [0.1, 0.15) is 16.2 Å². The molecular formula is C13H9ClN4OS. The maximum atomic E-state index is 10.5. The van der Waals surface area contributed by atoms with Crippen LogP contribution in [-0.2, 0) is 6.54 Å². The highest BCUT2D eigenvalue weighted by Gasteiger charge is 2.06. The van der Waals surface area contributed by atoms with E-state index in [1.807, 2.05) is 29.6 Å². The number of nitrogens with zero attached hydrogens (tertiary/aromatic N) is 4. The van der Waals surface area contributed by atoms with Gasteiger partial charge < -0.3 is 0 Å². The van der Waals surface area contributed by atoms with Crippen molar-refractivity contribution in [3.8, 4) is 10.6 Å². The first-order valence-electron chi connectivity index (χ1n) is 5.80. The molecule has 3 aromatic rings. The van der Waals surface area contributed by atoms with E-state index in [1.54, 1.807) is 22.2 Å². The fraction of sp³-hybridized carbons (Fsp3) is 0.0769. The van der Waals surface area contributed by atoms with Crippen molar-refractivity contribution in [3.63, 3.8) is 0 Å². The second-order valence-electron chi connectivity index (χ2n) is 4.11. The monoisotopic (exact) mass is 304 g/mol. The van der Waals surface area contributed by atoms with Gasteiger partial charge in [0.1, 0.15) is 10.7 Å². The summed E-state index contributed by atoms with van der Waals surface area (Å²) in [4.78, 5) is 15.1. The number of hydrogen-bond acceptors (Lipinski definition) is 5. The summed E-state index contributed by atoms with van der Waals surface area (Å²) in [6, 6.07) is 7.55. The number of halogens is 1. The third-order valence-corrected chi connectivity index (χ3v) is 3.84. The molecule has 0 aliphatic carbocycles. The lowest BCUT2D eigenvalue weighted by molar-refractivity contribution is 0.111. The molecule has 1 aromatic carbocycles. The summed E-state index contributed by atoms with van der Waals surface area (Å²) < 4.78 is 1.59. The summed E-state index contributed by atoms with van der Waals surface area (Å²) >= 11 is 7.42. The molecule has 2 aromatic heterocycles. The Bertz CT molecular complexity index is 735. The Morgan fingerprint density at radius 2 is 2.10 bits per heavy atom. The molecule has 0 bridgehead atoms. The molecule has 0 atom stereocenters. The smallest absolute Gasteiger partial charge is 0.171 e. The van der Waals surface area contributed by atoms with Crippen LogP contribution in [0.15, 0.2) is 35.8 Å².